The van der Waals surface area contributed by atoms with Crippen LogP contribution in [-0.2, 0) is 7.05 Å². The highest BCUT2D eigenvalue weighted by molar-refractivity contribution is 9.10. The van der Waals surface area contributed by atoms with E-state index in [0.29, 0.717) is 54.9 Å². The maximum absolute atomic E-state index is 13.0. The number of nitrogens with zero attached hydrogens (tertiary/aromatic N) is 4. The molecule has 5 amide bonds. The van der Waals surface area contributed by atoms with E-state index in [4.69, 9.17) is 16.7 Å². The molecule has 1 aliphatic carbocycles. The van der Waals surface area contributed by atoms with Gasteiger partial charge in [0.05, 0.1) is 16.8 Å². The standard InChI is InChI=1S/C22H25BrClN7O5/c1-29-17(23)11-25-18(29)19(32)26-12-2-3-15(16(24)10-12)20(33)30-4-6-31(7-5-30)21(34)27-13-8-14(9-13)28-22(35)36/h2-3,10-11,13-14,28H,4-9H2,1H3,(H,26,32)(H,27,34)(H,35,36)/t13-,14+. The highest BCUT2D eigenvalue weighted by atomic mass is 79.9. The Morgan fingerprint density at radius 3 is 2.28 bits per heavy atom. The molecule has 0 atom stereocenters. The van der Waals surface area contributed by atoms with Crippen molar-refractivity contribution in [2.24, 2.45) is 7.05 Å². The number of carboxylic acid groups (broad SMARTS) is 1. The van der Waals surface area contributed by atoms with Gasteiger partial charge in [-0.2, -0.15) is 0 Å². The molecule has 0 radical (unpaired) electrons. The van der Waals surface area contributed by atoms with Gasteiger partial charge in [-0.1, -0.05) is 11.6 Å². The number of benzene rings is 1. The topological polar surface area (TPSA) is 149 Å². The summed E-state index contributed by atoms with van der Waals surface area (Å²) in [5.41, 5.74) is 0.734. The molecule has 2 heterocycles. The number of halogens is 2. The van der Waals surface area contributed by atoms with Crippen LogP contribution in [0.5, 0.6) is 0 Å². The largest absolute Gasteiger partial charge is 0.465 e. The lowest BCUT2D eigenvalue weighted by Gasteiger charge is -2.39. The van der Waals surface area contributed by atoms with Crippen LogP contribution < -0.4 is 16.0 Å². The lowest BCUT2D eigenvalue weighted by molar-refractivity contribution is 0.0659. The van der Waals surface area contributed by atoms with E-state index < -0.39 is 12.0 Å². The normalized spacial score (nSPS) is 19.3. The predicted molar refractivity (Wildman–Crippen MR) is 134 cm³/mol. The van der Waals surface area contributed by atoms with E-state index >= 15 is 0 Å². The molecular weight excluding hydrogens is 558 g/mol. The van der Waals surface area contributed by atoms with E-state index in [1.165, 1.54) is 12.3 Å². The molecule has 1 saturated heterocycles. The number of rotatable bonds is 5. The minimum atomic E-state index is -1.07. The van der Waals surface area contributed by atoms with Crippen molar-refractivity contribution >= 4 is 57.2 Å². The fourth-order valence-electron chi connectivity index (χ4n) is 4.13. The molecule has 2 fully saturated rings. The Morgan fingerprint density at radius 1 is 1.06 bits per heavy atom. The molecular formula is C22H25BrClN7O5. The molecule has 14 heteroatoms. The SMILES string of the molecule is Cn1c(Br)cnc1C(=O)Nc1ccc(C(=O)N2CCN(C(=O)N[C@H]3C[C@@H](NC(=O)O)C3)CC2)c(Cl)c1. The Morgan fingerprint density at radius 2 is 1.69 bits per heavy atom. The van der Waals surface area contributed by atoms with Gasteiger partial charge in [-0.25, -0.2) is 14.6 Å². The minimum Gasteiger partial charge on any atom is -0.465 e. The number of imidazole rings is 1. The first-order chi connectivity index (χ1) is 17.1. The molecule has 0 spiro atoms. The van der Waals surface area contributed by atoms with Gasteiger partial charge in [0.1, 0.15) is 4.60 Å². The van der Waals surface area contributed by atoms with Crippen LogP contribution in [0.3, 0.4) is 0 Å². The van der Waals surface area contributed by atoms with Crippen molar-refractivity contribution in [2.75, 3.05) is 31.5 Å². The molecule has 2 aromatic rings. The van der Waals surface area contributed by atoms with Gasteiger partial charge >= 0.3 is 12.1 Å². The number of aromatic nitrogens is 2. The van der Waals surface area contributed by atoms with Crippen molar-refractivity contribution in [3.05, 3.63) is 45.4 Å². The molecule has 0 bridgehead atoms. The van der Waals surface area contributed by atoms with E-state index in [9.17, 15) is 19.2 Å². The van der Waals surface area contributed by atoms with Crippen LogP contribution in [0.2, 0.25) is 5.02 Å². The van der Waals surface area contributed by atoms with Crippen LogP contribution in [0.4, 0.5) is 15.3 Å². The fourth-order valence-corrected chi connectivity index (χ4v) is 4.66. The van der Waals surface area contributed by atoms with E-state index in [1.807, 2.05) is 0 Å². The Labute approximate surface area is 220 Å². The molecule has 36 heavy (non-hydrogen) atoms. The Kier molecular flexibility index (Phi) is 7.69. The van der Waals surface area contributed by atoms with Gasteiger partial charge in [-0.05, 0) is 47.0 Å². The first-order valence-electron chi connectivity index (χ1n) is 11.2. The molecule has 4 rings (SSSR count). The highest BCUT2D eigenvalue weighted by Crippen LogP contribution is 2.24. The molecule has 4 N–H and O–H groups in total. The van der Waals surface area contributed by atoms with Crippen molar-refractivity contribution in [1.29, 1.82) is 0 Å². The fraction of sp³-hybridized carbons (Fsp3) is 0.409. The summed E-state index contributed by atoms with van der Waals surface area (Å²) in [6, 6.07) is 4.25. The van der Waals surface area contributed by atoms with Crippen molar-refractivity contribution < 1.29 is 24.3 Å². The number of anilines is 1. The molecule has 12 nitrogen and oxygen atoms in total. The average Bonchev–Trinajstić information content (AvgIpc) is 3.15. The summed E-state index contributed by atoms with van der Waals surface area (Å²) < 4.78 is 2.25. The van der Waals surface area contributed by atoms with Gasteiger partial charge < -0.3 is 35.4 Å². The molecule has 2 aliphatic rings. The molecule has 1 aromatic heterocycles. The quantitative estimate of drug-likeness (QED) is 0.425. The maximum Gasteiger partial charge on any atom is 0.404 e. The zero-order chi connectivity index (χ0) is 26.0. The van der Waals surface area contributed by atoms with Gasteiger partial charge in [0.25, 0.3) is 11.8 Å². The smallest absolute Gasteiger partial charge is 0.404 e. The first-order valence-corrected chi connectivity index (χ1v) is 12.4. The van der Waals surface area contributed by atoms with Gasteiger partial charge in [-0.15, -0.1) is 0 Å². The third-order valence-electron chi connectivity index (χ3n) is 6.24. The zero-order valence-corrected chi connectivity index (χ0v) is 21.7. The summed E-state index contributed by atoms with van der Waals surface area (Å²) in [6.07, 6.45) is 1.58. The van der Waals surface area contributed by atoms with E-state index in [0.717, 1.165) is 0 Å². The van der Waals surface area contributed by atoms with Crippen LogP contribution in [0, 0.1) is 0 Å². The van der Waals surface area contributed by atoms with Gasteiger partial charge in [0.15, 0.2) is 5.82 Å². The number of nitrogens with one attached hydrogen (secondary N) is 3. The molecule has 1 aromatic carbocycles. The molecule has 0 unspecified atom stereocenters. The van der Waals surface area contributed by atoms with E-state index in [2.05, 4.69) is 36.9 Å². The third-order valence-corrected chi connectivity index (χ3v) is 7.29. The van der Waals surface area contributed by atoms with Crippen LogP contribution in [0.25, 0.3) is 0 Å². The van der Waals surface area contributed by atoms with Crippen LogP contribution in [0.1, 0.15) is 33.8 Å². The Bertz CT molecular complexity index is 1190. The second-order valence-electron chi connectivity index (χ2n) is 8.66. The second kappa shape index (κ2) is 10.7. The summed E-state index contributed by atoms with van der Waals surface area (Å²) >= 11 is 9.66. The summed E-state index contributed by atoms with van der Waals surface area (Å²) in [6.45, 7) is 1.43. The zero-order valence-electron chi connectivity index (χ0n) is 19.3. The van der Waals surface area contributed by atoms with E-state index in [1.54, 1.807) is 33.5 Å². The van der Waals surface area contributed by atoms with Gasteiger partial charge in [0.2, 0.25) is 0 Å². The molecule has 1 saturated carbocycles. The maximum atomic E-state index is 13.0. The predicted octanol–water partition coefficient (Wildman–Crippen LogP) is 2.35. The van der Waals surface area contributed by atoms with Gasteiger partial charge in [-0.3, -0.25) is 9.59 Å². The van der Waals surface area contributed by atoms with Crippen molar-refractivity contribution in [3.63, 3.8) is 0 Å². The number of hydrogen-bond donors (Lipinski definition) is 4. The average molecular weight is 583 g/mol. The number of carbonyl (C=O) groups is 4. The summed E-state index contributed by atoms with van der Waals surface area (Å²) in [5.74, 6) is -0.454. The van der Waals surface area contributed by atoms with Crippen LogP contribution >= 0.6 is 27.5 Å². The monoisotopic (exact) mass is 581 g/mol. The summed E-state index contributed by atoms with van der Waals surface area (Å²) in [4.78, 5) is 55.9. The van der Waals surface area contributed by atoms with Crippen molar-refractivity contribution in [1.82, 2.24) is 30.0 Å². The summed E-state index contributed by atoms with van der Waals surface area (Å²) in [5, 5.41) is 16.9. The van der Waals surface area contributed by atoms with Crippen LogP contribution in [0.15, 0.2) is 29.0 Å². The third kappa shape index (κ3) is 5.73. The number of carbonyl (C=O) groups excluding carboxylic acids is 3. The number of hydrogen-bond acceptors (Lipinski definition) is 5. The van der Waals surface area contributed by atoms with Gasteiger partial charge in [0, 0.05) is 51.0 Å². The Balaban J connectivity index is 1.27. The number of piperazine rings is 1. The molecule has 192 valence electrons. The number of urea groups is 1. The second-order valence-corrected chi connectivity index (χ2v) is 9.88. The van der Waals surface area contributed by atoms with Crippen molar-refractivity contribution in [3.8, 4) is 0 Å². The first kappa shape index (κ1) is 25.8. The Hall–Kier alpha value is -3.32. The summed E-state index contributed by atoms with van der Waals surface area (Å²) in [7, 11) is 1.70. The molecule has 1 aliphatic heterocycles. The number of amides is 5. The van der Waals surface area contributed by atoms with Crippen molar-refractivity contribution in [2.45, 2.75) is 24.9 Å². The van der Waals surface area contributed by atoms with E-state index in [-0.39, 0.29) is 34.9 Å². The lowest BCUT2D eigenvalue weighted by Crippen LogP contribution is -2.58. The van der Waals surface area contributed by atoms with Crippen LogP contribution in [-0.4, -0.2) is 86.7 Å². The minimum absolute atomic E-state index is 0.0641. The highest BCUT2D eigenvalue weighted by Gasteiger charge is 2.33. The lowest BCUT2D eigenvalue weighted by atomic mass is 9.87.